The van der Waals surface area contributed by atoms with E-state index < -0.39 is 6.09 Å². The number of carbonyl (C=O) groups excluding carboxylic acids is 1. The summed E-state index contributed by atoms with van der Waals surface area (Å²) in [6.07, 6.45) is 1.14. The zero-order chi connectivity index (χ0) is 14.8. The lowest BCUT2D eigenvalue weighted by Gasteiger charge is -2.16. The van der Waals surface area contributed by atoms with Crippen molar-refractivity contribution in [3.63, 3.8) is 0 Å². The van der Waals surface area contributed by atoms with Crippen molar-refractivity contribution in [3.8, 4) is 0 Å². The van der Waals surface area contributed by atoms with Gasteiger partial charge >= 0.3 is 6.09 Å². The summed E-state index contributed by atoms with van der Waals surface area (Å²) in [5.74, 6) is 0. The van der Waals surface area contributed by atoms with Crippen molar-refractivity contribution in [1.82, 2.24) is 9.55 Å². The van der Waals surface area contributed by atoms with Crippen LogP contribution >= 0.6 is 0 Å². The minimum atomic E-state index is -0.394. The highest BCUT2D eigenvalue weighted by atomic mass is 16.5. The molecule has 4 nitrogen and oxygen atoms in total. The van der Waals surface area contributed by atoms with Crippen molar-refractivity contribution < 1.29 is 9.53 Å². The van der Waals surface area contributed by atoms with Crippen LogP contribution in [-0.4, -0.2) is 15.6 Å². The number of hydrogen-bond acceptors (Lipinski definition) is 3. The van der Waals surface area contributed by atoms with E-state index in [0.29, 0.717) is 0 Å². The molecule has 0 saturated carbocycles. The highest BCUT2D eigenvalue weighted by Gasteiger charge is 2.23. The number of imidazole rings is 1. The van der Waals surface area contributed by atoms with Crippen LogP contribution in [0.5, 0.6) is 0 Å². The lowest BCUT2D eigenvalue weighted by molar-refractivity contribution is 0.140. The van der Waals surface area contributed by atoms with E-state index in [1.807, 2.05) is 37.3 Å². The van der Waals surface area contributed by atoms with E-state index in [4.69, 9.17) is 4.74 Å². The zero-order valence-electron chi connectivity index (χ0n) is 12.4. The minimum Gasteiger partial charge on any atom is -0.444 e. The van der Waals surface area contributed by atoms with Gasteiger partial charge in [-0.1, -0.05) is 51.1 Å². The van der Waals surface area contributed by atoms with Gasteiger partial charge in [0.05, 0.1) is 5.69 Å². The third-order valence-electron chi connectivity index (χ3n) is 3.12. The Balaban J connectivity index is 2.09. The van der Waals surface area contributed by atoms with Crippen molar-refractivity contribution in [2.45, 2.75) is 39.7 Å². The Morgan fingerprint density at radius 2 is 1.90 bits per heavy atom. The molecule has 1 heterocycles. The second-order valence-electron chi connectivity index (χ2n) is 5.84. The van der Waals surface area contributed by atoms with E-state index in [9.17, 15) is 4.79 Å². The van der Waals surface area contributed by atoms with E-state index in [1.165, 1.54) is 10.9 Å². The second kappa shape index (κ2) is 5.49. The molecule has 0 bridgehead atoms. The van der Waals surface area contributed by atoms with Crippen LogP contribution in [0.15, 0.2) is 36.7 Å². The fraction of sp³-hybridized carbons (Fsp3) is 0.375. The maximum absolute atomic E-state index is 12.1. The van der Waals surface area contributed by atoms with Crippen molar-refractivity contribution in [3.05, 3.63) is 53.6 Å². The van der Waals surface area contributed by atoms with Crippen LogP contribution < -0.4 is 0 Å². The molecule has 0 saturated heterocycles. The first-order valence-corrected chi connectivity index (χ1v) is 6.65. The predicted molar refractivity (Wildman–Crippen MR) is 77.7 cm³/mol. The molecule has 0 amide bonds. The molecule has 0 N–H and O–H groups in total. The van der Waals surface area contributed by atoms with Crippen LogP contribution in [0, 0.1) is 6.92 Å². The number of benzene rings is 1. The molecule has 2 rings (SSSR count). The van der Waals surface area contributed by atoms with Crippen LogP contribution in [-0.2, 0) is 16.8 Å². The standard InChI is InChI=1S/C16H20N2O2/c1-12-14(16(2,3)4)17-11-18(12)15(19)20-10-13-8-6-5-7-9-13/h5-9,11H,10H2,1-4H3. The Hall–Kier alpha value is -2.10. The van der Waals surface area contributed by atoms with Crippen LogP contribution in [0.2, 0.25) is 0 Å². The van der Waals surface area contributed by atoms with Crippen molar-refractivity contribution in [2.75, 3.05) is 0 Å². The Kier molecular flexibility index (Phi) is 3.93. The first-order valence-electron chi connectivity index (χ1n) is 6.65. The molecule has 0 radical (unpaired) electrons. The largest absolute Gasteiger partial charge is 0.444 e. The molecule has 20 heavy (non-hydrogen) atoms. The summed E-state index contributed by atoms with van der Waals surface area (Å²) >= 11 is 0. The van der Waals surface area contributed by atoms with E-state index in [2.05, 4.69) is 25.8 Å². The second-order valence-corrected chi connectivity index (χ2v) is 5.84. The molecule has 0 spiro atoms. The third-order valence-corrected chi connectivity index (χ3v) is 3.12. The normalized spacial score (nSPS) is 11.4. The Morgan fingerprint density at radius 3 is 2.45 bits per heavy atom. The van der Waals surface area contributed by atoms with Gasteiger partial charge in [-0.3, -0.25) is 0 Å². The number of carbonyl (C=O) groups is 1. The van der Waals surface area contributed by atoms with E-state index >= 15 is 0 Å². The summed E-state index contributed by atoms with van der Waals surface area (Å²) in [5, 5.41) is 0. The van der Waals surface area contributed by atoms with Crippen molar-refractivity contribution >= 4 is 6.09 Å². The number of rotatable bonds is 2. The third kappa shape index (κ3) is 3.07. The van der Waals surface area contributed by atoms with E-state index in [-0.39, 0.29) is 12.0 Å². The molecule has 106 valence electrons. The summed E-state index contributed by atoms with van der Waals surface area (Å²) in [4.78, 5) is 16.4. The molecule has 1 aromatic carbocycles. The number of aromatic nitrogens is 2. The average molecular weight is 272 g/mol. The fourth-order valence-electron chi connectivity index (χ4n) is 2.12. The van der Waals surface area contributed by atoms with Gasteiger partial charge in [0.2, 0.25) is 0 Å². The molecule has 0 atom stereocenters. The summed E-state index contributed by atoms with van der Waals surface area (Å²) in [6.45, 7) is 8.37. The number of hydrogen-bond donors (Lipinski definition) is 0. The van der Waals surface area contributed by atoms with Gasteiger partial charge in [0.15, 0.2) is 0 Å². The Morgan fingerprint density at radius 1 is 1.25 bits per heavy atom. The highest BCUT2D eigenvalue weighted by Crippen LogP contribution is 2.23. The van der Waals surface area contributed by atoms with Gasteiger partial charge in [-0.15, -0.1) is 0 Å². The molecule has 0 fully saturated rings. The SMILES string of the molecule is Cc1c(C(C)(C)C)ncn1C(=O)OCc1ccccc1. The van der Waals surface area contributed by atoms with E-state index in [1.54, 1.807) is 0 Å². The molecular formula is C16H20N2O2. The van der Waals surface area contributed by atoms with Gasteiger partial charge in [-0.25, -0.2) is 14.3 Å². The number of nitrogens with zero attached hydrogens (tertiary/aromatic N) is 2. The molecule has 0 aliphatic heterocycles. The van der Waals surface area contributed by atoms with Crippen LogP contribution in [0.25, 0.3) is 0 Å². The molecule has 4 heteroatoms. The van der Waals surface area contributed by atoms with Crippen LogP contribution in [0.3, 0.4) is 0 Å². The van der Waals surface area contributed by atoms with Crippen LogP contribution in [0.1, 0.15) is 37.7 Å². The summed E-state index contributed by atoms with van der Waals surface area (Å²) in [6, 6.07) is 9.62. The average Bonchev–Trinajstić information content (AvgIpc) is 2.79. The topological polar surface area (TPSA) is 44.1 Å². The predicted octanol–water partition coefficient (Wildman–Crippen LogP) is 3.67. The van der Waals surface area contributed by atoms with Gasteiger partial charge in [0.25, 0.3) is 0 Å². The molecule has 0 aliphatic carbocycles. The van der Waals surface area contributed by atoms with Crippen molar-refractivity contribution in [1.29, 1.82) is 0 Å². The fourth-order valence-corrected chi connectivity index (χ4v) is 2.12. The molecule has 0 unspecified atom stereocenters. The monoisotopic (exact) mass is 272 g/mol. The first kappa shape index (κ1) is 14.3. The maximum atomic E-state index is 12.1. The van der Waals surface area contributed by atoms with Gasteiger partial charge in [0, 0.05) is 11.1 Å². The lowest BCUT2D eigenvalue weighted by atomic mass is 9.91. The maximum Gasteiger partial charge on any atom is 0.419 e. The molecular weight excluding hydrogens is 252 g/mol. The molecule has 2 aromatic rings. The Labute approximate surface area is 119 Å². The highest BCUT2D eigenvalue weighted by molar-refractivity contribution is 5.71. The zero-order valence-corrected chi connectivity index (χ0v) is 12.4. The Bertz CT molecular complexity index is 595. The molecule has 1 aromatic heterocycles. The van der Waals surface area contributed by atoms with Crippen molar-refractivity contribution in [2.24, 2.45) is 0 Å². The first-order chi connectivity index (χ1) is 9.39. The smallest absolute Gasteiger partial charge is 0.419 e. The van der Waals surface area contributed by atoms with Gasteiger partial charge in [0.1, 0.15) is 12.9 Å². The lowest BCUT2D eigenvalue weighted by Crippen LogP contribution is -2.17. The quantitative estimate of drug-likeness (QED) is 0.837. The van der Waals surface area contributed by atoms with Gasteiger partial charge in [-0.05, 0) is 12.5 Å². The summed E-state index contributed by atoms with van der Waals surface area (Å²) < 4.78 is 6.77. The van der Waals surface area contributed by atoms with Gasteiger partial charge in [-0.2, -0.15) is 0 Å². The summed E-state index contributed by atoms with van der Waals surface area (Å²) in [5.41, 5.74) is 2.62. The number of ether oxygens (including phenoxy) is 1. The summed E-state index contributed by atoms with van der Waals surface area (Å²) in [7, 11) is 0. The van der Waals surface area contributed by atoms with E-state index in [0.717, 1.165) is 17.0 Å². The molecule has 0 aliphatic rings. The van der Waals surface area contributed by atoms with Gasteiger partial charge < -0.3 is 4.74 Å². The van der Waals surface area contributed by atoms with Crippen LogP contribution in [0.4, 0.5) is 4.79 Å². The minimum absolute atomic E-state index is 0.0883.